The van der Waals surface area contributed by atoms with Crippen molar-refractivity contribution in [1.82, 2.24) is 4.90 Å². The first kappa shape index (κ1) is 22.7. The number of ketones is 1. The first-order chi connectivity index (χ1) is 14.0. The number of nitrogens with zero attached hydrogens (tertiary/aromatic N) is 1. The van der Waals surface area contributed by atoms with E-state index in [-0.39, 0.29) is 43.9 Å². The summed E-state index contributed by atoms with van der Waals surface area (Å²) in [4.78, 5) is 37.1. The molecular weight excluding hydrogens is 394 g/mol. The number of carbonyl (C=O) groups excluding carboxylic acids is 3. The van der Waals surface area contributed by atoms with Crippen LogP contribution in [0.2, 0.25) is 5.02 Å². The van der Waals surface area contributed by atoms with E-state index in [1.165, 1.54) is 13.2 Å². The molecular formula is C22H24ClNO5. The quantitative estimate of drug-likeness (QED) is 0.281. The van der Waals surface area contributed by atoms with Gasteiger partial charge in [-0.1, -0.05) is 41.7 Å². The van der Waals surface area contributed by atoms with Crippen molar-refractivity contribution in [2.24, 2.45) is 0 Å². The maximum Gasteiger partial charge on any atom is 0.331 e. The molecule has 1 amide bonds. The average Bonchev–Trinajstić information content (AvgIpc) is 2.70. The topological polar surface area (TPSA) is 72.9 Å². The Balaban J connectivity index is 1.88. The van der Waals surface area contributed by atoms with Gasteiger partial charge in [0.05, 0.1) is 19.7 Å². The fourth-order valence-electron chi connectivity index (χ4n) is 2.91. The summed E-state index contributed by atoms with van der Waals surface area (Å²) >= 11 is 5.95. The summed E-state index contributed by atoms with van der Waals surface area (Å²) in [5, 5.41) is 0.595. The number of methoxy groups -OCH3 is 1. The van der Waals surface area contributed by atoms with Crippen molar-refractivity contribution in [3.05, 3.63) is 47.0 Å². The maximum absolute atomic E-state index is 12.3. The van der Waals surface area contributed by atoms with Crippen LogP contribution in [0.3, 0.4) is 0 Å². The lowest BCUT2D eigenvalue weighted by atomic mass is 10.00. The molecule has 1 aromatic rings. The number of benzene rings is 1. The molecule has 0 bridgehead atoms. The molecule has 0 unspecified atom stereocenters. The third-order valence-electron chi connectivity index (χ3n) is 4.38. The monoisotopic (exact) mass is 417 g/mol. The molecule has 29 heavy (non-hydrogen) atoms. The number of amides is 1. The summed E-state index contributed by atoms with van der Waals surface area (Å²) in [6.07, 6.45) is 5.61. The first-order valence-corrected chi connectivity index (χ1v) is 9.72. The second kappa shape index (κ2) is 12.1. The smallest absolute Gasteiger partial charge is 0.331 e. The fraction of sp³-hybridized carbons (Fsp3) is 0.409. The van der Waals surface area contributed by atoms with Crippen LogP contribution >= 0.6 is 11.6 Å². The maximum atomic E-state index is 12.3. The number of piperidine rings is 1. The molecule has 7 heteroatoms. The van der Waals surface area contributed by atoms with Crippen molar-refractivity contribution in [2.75, 3.05) is 26.9 Å². The summed E-state index contributed by atoms with van der Waals surface area (Å²) in [5.74, 6) is 5.16. The van der Waals surface area contributed by atoms with Gasteiger partial charge in [-0.3, -0.25) is 9.59 Å². The molecule has 154 valence electrons. The highest BCUT2D eigenvalue weighted by Crippen LogP contribution is 2.19. The molecule has 1 aliphatic rings. The molecule has 0 saturated carbocycles. The second-order valence-electron chi connectivity index (χ2n) is 6.54. The van der Waals surface area contributed by atoms with Crippen LogP contribution in [0.4, 0.5) is 0 Å². The number of allylic oxidation sites excluding steroid dienone is 1. The summed E-state index contributed by atoms with van der Waals surface area (Å²) in [5.41, 5.74) is 0.849. The van der Waals surface area contributed by atoms with Crippen LogP contribution in [0, 0.1) is 11.8 Å². The molecule has 6 nitrogen and oxygen atoms in total. The molecule has 0 radical (unpaired) electrons. The molecule has 1 aliphatic heterocycles. The molecule has 1 fully saturated rings. The van der Waals surface area contributed by atoms with Crippen LogP contribution in [0.1, 0.15) is 24.8 Å². The van der Waals surface area contributed by atoms with Gasteiger partial charge in [-0.05, 0) is 36.6 Å². The zero-order valence-corrected chi connectivity index (χ0v) is 17.1. The van der Waals surface area contributed by atoms with E-state index >= 15 is 0 Å². The lowest BCUT2D eigenvalue weighted by Crippen LogP contribution is -2.42. The van der Waals surface area contributed by atoms with Gasteiger partial charge in [-0.15, -0.1) is 0 Å². The van der Waals surface area contributed by atoms with Crippen molar-refractivity contribution in [2.45, 2.75) is 31.7 Å². The Kier molecular flexibility index (Phi) is 9.42. The molecule has 0 N–H and O–H groups in total. The van der Waals surface area contributed by atoms with E-state index < -0.39 is 5.97 Å². The fourth-order valence-corrected chi connectivity index (χ4v) is 3.13. The highest BCUT2D eigenvalue weighted by molar-refractivity contribution is 6.30. The van der Waals surface area contributed by atoms with Crippen LogP contribution < -0.4 is 0 Å². The third-order valence-corrected chi connectivity index (χ3v) is 4.61. The summed E-state index contributed by atoms with van der Waals surface area (Å²) in [7, 11) is 1.28. The van der Waals surface area contributed by atoms with E-state index in [9.17, 15) is 14.4 Å². The van der Waals surface area contributed by atoms with Gasteiger partial charge in [0.1, 0.15) is 13.2 Å². The van der Waals surface area contributed by atoms with Gasteiger partial charge in [0.25, 0.3) is 0 Å². The number of hydrogen-bond acceptors (Lipinski definition) is 5. The van der Waals surface area contributed by atoms with Gasteiger partial charge in [0, 0.05) is 17.9 Å². The predicted molar refractivity (Wildman–Crippen MR) is 109 cm³/mol. The lowest BCUT2D eigenvalue weighted by molar-refractivity contribution is -0.145. The number of carbonyl (C=O) groups is 3. The largest absolute Gasteiger partial charge is 0.467 e. The van der Waals surface area contributed by atoms with Crippen LogP contribution in [0.5, 0.6) is 0 Å². The Hall–Kier alpha value is -2.62. The van der Waals surface area contributed by atoms with Crippen molar-refractivity contribution in [1.29, 1.82) is 0 Å². The van der Waals surface area contributed by atoms with Gasteiger partial charge >= 0.3 is 5.97 Å². The van der Waals surface area contributed by atoms with Crippen molar-refractivity contribution in [3.63, 3.8) is 0 Å². The number of likely N-dealkylation sites (tertiary alicyclic amines) is 1. The molecule has 1 heterocycles. The molecule has 1 atom stereocenters. The minimum absolute atomic E-state index is 0.0120. The van der Waals surface area contributed by atoms with Crippen LogP contribution in [-0.4, -0.2) is 55.5 Å². The Morgan fingerprint density at radius 3 is 2.93 bits per heavy atom. The van der Waals surface area contributed by atoms with E-state index in [2.05, 4.69) is 16.6 Å². The average molecular weight is 418 g/mol. The van der Waals surface area contributed by atoms with Gasteiger partial charge in [-0.2, -0.15) is 0 Å². The van der Waals surface area contributed by atoms with Crippen LogP contribution in [0.25, 0.3) is 0 Å². The Morgan fingerprint density at radius 2 is 2.17 bits per heavy atom. The minimum atomic E-state index is -0.467. The first-order valence-electron chi connectivity index (χ1n) is 9.35. The van der Waals surface area contributed by atoms with Crippen LogP contribution in [-0.2, 0) is 30.3 Å². The number of esters is 1. The summed E-state index contributed by atoms with van der Waals surface area (Å²) in [6, 6.07) is 7.03. The van der Waals surface area contributed by atoms with Crippen LogP contribution in [0.15, 0.2) is 36.4 Å². The predicted octanol–water partition coefficient (Wildman–Crippen LogP) is 2.58. The Labute approximate surface area is 175 Å². The third kappa shape index (κ3) is 8.10. The van der Waals surface area contributed by atoms with Gasteiger partial charge in [0.15, 0.2) is 5.78 Å². The van der Waals surface area contributed by atoms with E-state index in [4.69, 9.17) is 16.3 Å². The van der Waals surface area contributed by atoms with Gasteiger partial charge in [0.2, 0.25) is 5.91 Å². The molecule has 2 rings (SSSR count). The lowest BCUT2D eigenvalue weighted by Gasteiger charge is -2.32. The van der Waals surface area contributed by atoms with Crippen molar-refractivity contribution in [3.8, 4) is 11.8 Å². The summed E-state index contributed by atoms with van der Waals surface area (Å²) < 4.78 is 9.52. The normalized spacial score (nSPS) is 16.4. The van der Waals surface area contributed by atoms with E-state index in [0.29, 0.717) is 11.4 Å². The van der Waals surface area contributed by atoms with Crippen molar-refractivity contribution < 1.29 is 23.9 Å². The highest BCUT2D eigenvalue weighted by atomic mass is 35.5. The Morgan fingerprint density at radius 1 is 1.34 bits per heavy atom. The number of rotatable bonds is 8. The minimum Gasteiger partial charge on any atom is -0.467 e. The molecule has 0 spiro atoms. The zero-order valence-electron chi connectivity index (χ0n) is 16.4. The van der Waals surface area contributed by atoms with E-state index in [0.717, 1.165) is 18.4 Å². The number of hydrogen-bond donors (Lipinski definition) is 0. The molecule has 0 aromatic heterocycles. The van der Waals surface area contributed by atoms with E-state index in [1.807, 2.05) is 12.1 Å². The number of ether oxygens (including phenoxy) is 2. The zero-order chi connectivity index (χ0) is 21.1. The van der Waals surface area contributed by atoms with Gasteiger partial charge < -0.3 is 14.4 Å². The number of halogens is 1. The molecule has 1 aromatic carbocycles. The molecule has 1 saturated heterocycles. The van der Waals surface area contributed by atoms with E-state index in [1.54, 1.807) is 23.1 Å². The standard InChI is InChI=1S/C22H24ClNO5/c1-28-22(27)16-29-13-3-2-12-24-19(8-5-9-21(24)26)10-11-20(25)15-17-6-4-7-18(23)14-17/h4,6-7,10-11,14,19H,5,8-9,12-13,15-16H2,1H3/b11-10+/t19-/m1/s1. The Bertz CT molecular complexity index is 824. The van der Waals surface area contributed by atoms with Gasteiger partial charge in [-0.25, -0.2) is 4.79 Å². The highest BCUT2D eigenvalue weighted by Gasteiger charge is 2.25. The summed E-state index contributed by atoms with van der Waals surface area (Å²) in [6.45, 7) is 0.168. The van der Waals surface area contributed by atoms with Crippen molar-refractivity contribution >= 4 is 29.3 Å². The molecule has 0 aliphatic carbocycles. The second-order valence-corrected chi connectivity index (χ2v) is 6.97. The SMILES string of the molecule is COC(=O)COCC#CCN1C(=O)CCC[C@@H]1/C=C/C(=O)Cc1cccc(Cl)c1.